The molecular weight excluding hydrogens is 667 g/mol. The molecule has 0 aliphatic heterocycles. The highest BCUT2D eigenvalue weighted by atomic mass is 32.2. The fraction of sp³-hybridized carbons (Fsp3) is 0.480. The molecule has 4 heterocycles. The molecule has 0 bridgehead atoms. The Morgan fingerprint density at radius 3 is 1.64 bits per heavy atom. The van der Waals surface area contributed by atoms with E-state index in [1.54, 1.807) is 19.1 Å². The molecule has 252 valence electrons. The molecular formula is C25H41N9O7S4. The van der Waals surface area contributed by atoms with Gasteiger partial charge >= 0.3 is 0 Å². The van der Waals surface area contributed by atoms with Crippen molar-refractivity contribution in [3.63, 3.8) is 0 Å². The molecule has 5 N–H and O–H groups in total. The van der Waals surface area contributed by atoms with Crippen LogP contribution in [0.2, 0.25) is 0 Å². The molecule has 0 fully saturated rings. The minimum Gasteiger partial charge on any atom is -0.411 e. The number of thioether (sulfide) groups is 1. The largest absolute Gasteiger partial charge is 0.411 e. The van der Waals surface area contributed by atoms with Gasteiger partial charge in [0.25, 0.3) is 20.0 Å². The normalized spacial score (nSPS) is 12.0. The van der Waals surface area contributed by atoms with E-state index in [4.69, 9.17) is 15.5 Å². The van der Waals surface area contributed by atoms with E-state index < -0.39 is 39.9 Å². The van der Waals surface area contributed by atoms with Crippen LogP contribution in [0.25, 0.3) is 11.3 Å². The molecule has 0 aromatic carbocycles. The van der Waals surface area contributed by atoms with Crippen LogP contribution in [-0.4, -0.2) is 77.4 Å². The van der Waals surface area contributed by atoms with Crippen LogP contribution in [0.4, 0.5) is 0 Å². The fourth-order valence-electron chi connectivity index (χ4n) is 3.70. The lowest BCUT2D eigenvalue weighted by Crippen LogP contribution is -2.20. The molecule has 0 atom stereocenters. The van der Waals surface area contributed by atoms with Crippen molar-refractivity contribution in [2.24, 2.45) is 15.4 Å². The number of rotatable bonds is 10. The van der Waals surface area contributed by atoms with Crippen molar-refractivity contribution in [3.8, 4) is 0 Å². The predicted molar refractivity (Wildman–Crippen MR) is 174 cm³/mol. The van der Waals surface area contributed by atoms with Crippen molar-refractivity contribution in [1.82, 2.24) is 29.2 Å². The number of hydrogen-bond donors (Lipinski definition) is 3. The van der Waals surface area contributed by atoms with Crippen LogP contribution in [0.3, 0.4) is 0 Å². The first-order chi connectivity index (χ1) is 20.6. The Kier molecular flexibility index (Phi) is 15.0. The number of nitrogens with two attached hydrogens (primary N) is 2. The highest BCUT2D eigenvalue weighted by molar-refractivity contribution is 8.00. The minimum atomic E-state index is -4.28. The molecule has 0 saturated carbocycles. The van der Waals surface area contributed by atoms with Crippen molar-refractivity contribution in [2.45, 2.75) is 87.8 Å². The molecule has 45 heavy (non-hydrogen) atoms. The highest BCUT2D eigenvalue weighted by Gasteiger charge is 2.31. The van der Waals surface area contributed by atoms with Gasteiger partial charge in [-0.1, -0.05) is 48.0 Å². The van der Waals surface area contributed by atoms with Crippen molar-refractivity contribution in [2.75, 3.05) is 11.5 Å². The smallest absolute Gasteiger partial charge is 0.258 e. The summed E-state index contributed by atoms with van der Waals surface area (Å²) in [5.74, 6) is 0.440. The van der Waals surface area contributed by atoms with E-state index in [9.17, 15) is 25.3 Å². The Labute approximate surface area is 268 Å². The van der Waals surface area contributed by atoms with Gasteiger partial charge in [0.15, 0.2) is 26.2 Å². The Morgan fingerprint density at radius 1 is 0.822 bits per heavy atom. The summed E-state index contributed by atoms with van der Waals surface area (Å²) in [5.41, 5.74) is 2.09. The average Bonchev–Trinajstić information content (AvgIpc) is 3.53. The molecule has 16 nitrogen and oxygen atoms in total. The molecule has 0 saturated heterocycles. The van der Waals surface area contributed by atoms with E-state index in [2.05, 4.69) is 25.3 Å². The number of imidazole rings is 2. The number of hydrogen-bond acceptors (Lipinski definition) is 13. The average molecular weight is 708 g/mol. The lowest BCUT2D eigenvalue weighted by molar-refractivity contribution is 0.321. The summed E-state index contributed by atoms with van der Waals surface area (Å²) in [4.78, 5) is 8.15. The summed E-state index contributed by atoms with van der Waals surface area (Å²) in [6, 6.07) is 6.84. The zero-order valence-electron chi connectivity index (χ0n) is 24.9. The van der Waals surface area contributed by atoms with E-state index in [1.165, 1.54) is 35.5 Å². The van der Waals surface area contributed by atoms with Crippen LogP contribution in [0.1, 0.15) is 66.3 Å². The standard InChI is InChI=1S/C11H16N4O4S2.C11H16N4O2S2.C2H5NO.CH4/c1-3-5-8-6-7-9-13-10(20(16,17)4-2)11(15(9)14-8)21(12,18)19;1-3-5-8-6-7-9-13-10(18-4-2)11(15(9)14-8)19(12,16)17;1-2-3-4;/h6-7H,3-5H2,1-2H3,(H2,12,18,19);6-7H,3-5H2,1-2H3,(H2,12,16,17);2,4H,1H3;1H4/b;;3-2+;. The third kappa shape index (κ3) is 10.2. The van der Waals surface area contributed by atoms with E-state index >= 15 is 0 Å². The second-order valence-corrected chi connectivity index (χ2v) is 15.3. The van der Waals surface area contributed by atoms with E-state index in [0.717, 1.165) is 29.5 Å². The number of aryl methyl sites for hydroxylation is 2. The van der Waals surface area contributed by atoms with Gasteiger partial charge in [-0.05, 0) is 49.8 Å². The maximum Gasteiger partial charge on any atom is 0.258 e. The van der Waals surface area contributed by atoms with Crippen molar-refractivity contribution < 1.29 is 30.5 Å². The van der Waals surface area contributed by atoms with Gasteiger partial charge in [-0.15, -0.1) is 16.9 Å². The third-order valence-corrected chi connectivity index (χ3v) is 10.1. The van der Waals surface area contributed by atoms with Gasteiger partial charge in [0.05, 0.1) is 17.1 Å². The van der Waals surface area contributed by atoms with Crippen LogP contribution < -0.4 is 10.3 Å². The van der Waals surface area contributed by atoms with Crippen molar-refractivity contribution >= 4 is 59.2 Å². The zero-order chi connectivity index (χ0) is 33.3. The van der Waals surface area contributed by atoms with Gasteiger partial charge in [-0.3, -0.25) is 0 Å². The second kappa shape index (κ2) is 16.9. The summed E-state index contributed by atoms with van der Waals surface area (Å²) in [5, 5.41) is 28.2. The van der Waals surface area contributed by atoms with E-state index in [1.807, 2.05) is 26.8 Å². The van der Waals surface area contributed by atoms with Gasteiger partial charge in [-0.25, -0.2) is 45.5 Å². The van der Waals surface area contributed by atoms with Crippen LogP contribution >= 0.6 is 11.8 Å². The molecule has 0 aliphatic carbocycles. The summed E-state index contributed by atoms with van der Waals surface area (Å²) in [6.45, 7) is 8.96. The Morgan fingerprint density at radius 2 is 1.27 bits per heavy atom. The number of oxime groups is 1. The molecule has 0 unspecified atom stereocenters. The minimum absolute atomic E-state index is 0. The maximum absolute atomic E-state index is 12.0. The first-order valence-electron chi connectivity index (χ1n) is 13.4. The van der Waals surface area contributed by atoms with Gasteiger partial charge in [0.1, 0.15) is 5.03 Å². The van der Waals surface area contributed by atoms with Gasteiger partial charge in [0.2, 0.25) is 10.1 Å². The number of nitrogens with zero attached hydrogens (tertiary/aromatic N) is 7. The summed E-state index contributed by atoms with van der Waals surface area (Å²) in [7, 11) is -12.0. The number of aromatic nitrogens is 6. The predicted octanol–water partition coefficient (Wildman–Crippen LogP) is 2.67. The van der Waals surface area contributed by atoms with Crippen molar-refractivity contribution in [3.05, 3.63) is 35.7 Å². The monoisotopic (exact) mass is 707 g/mol. The molecule has 20 heteroatoms. The topological polar surface area (TPSA) is 247 Å². The Bertz CT molecular complexity index is 1930. The van der Waals surface area contributed by atoms with Crippen LogP contribution in [0, 0.1) is 0 Å². The molecule has 4 aromatic heterocycles. The molecule has 4 rings (SSSR count). The van der Waals surface area contributed by atoms with E-state index in [0.29, 0.717) is 28.5 Å². The number of primary sulfonamides is 2. The summed E-state index contributed by atoms with van der Waals surface area (Å²) in [6.07, 6.45) is 4.48. The zero-order valence-corrected chi connectivity index (χ0v) is 28.2. The molecule has 0 spiro atoms. The van der Waals surface area contributed by atoms with Crippen molar-refractivity contribution in [1.29, 1.82) is 0 Å². The second-order valence-electron chi connectivity index (χ2n) is 8.93. The Hall–Kier alpha value is -3.17. The van der Waals surface area contributed by atoms with Gasteiger partial charge in [-0.2, -0.15) is 19.2 Å². The van der Waals surface area contributed by atoms with Crippen LogP contribution in [0.5, 0.6) is 0 Å². The first kappa shape index (κ1) is 39.9. The van der Waals surface area contributed by atoms with E-state index in [-0.39, 0.29) is 23.9 Å². The number of sulfone groups is 1. The van der Waals surface area contributed by atoms with Gasteiger partial charge < -0.3 is 5.21 Å². The quantitative estimate of drug-likeness (QED) is 0.0932. The molecule has 0 aliphatic rings. The summed E-state index contributed by atoms with van der Waals surface area (Å²) >= 11 is 1.34. The van der Waals surface area contributed by atoms with Crippen LogP contribution in [-0.2, 0) is 42.7 Å². The van der Waals surface area contributed by atoms with Crippen LogP contribution in [0.15, 0.2) is 49.5 Å². The number of sulfonamides is 2. The first-order valence-corrected chi connectivity index (χ1v) is 19.1. The third-order valence-electron chi connectivity index (χ3n) is 5.55. The summed E-state index contributed by atoms with van der Waals surface area (Å²) < 4.78 is 73.4. The highest BCUT2D eigenvalue weighted by Crippen LogP contribution is 2.26. The number of fused-ring (bicyclic) bond motifs is 2. The maximum atomic E-state index is 12.0. The lowest BCUT2D eigenvalue weighted by Gasteiger charge is -2.03. The SMILES string of the molecule is C.C/C=N/O.CCCc1ccc2nc(S(=O)(=O)CC)c(S(N)(=O)=O)n2n1.CCCc1ccc2nc(SCC)c(S(N)(=O)=O)n2n1. The lowest BCUT2D eigenvalue weighted by atomic mass is 10.2. The molecule has 4 aromatic rings. The molecule has 0 radical (unpaired) electrons. The fourth-order valence-corrected chi connectivity index (χ4v) is 7.78. The Balaban J connectivity index is 0.000000396. The van der Waals surface area contributed by atoms with Gasteiger partial charge in [0, 0.05) is 6.21 Å². The molecule has 0 amide bonds.